The minimum Gasteiger partial charge on any atom is -0.293 e. The maximum Gasteiger partial charge on any atom is 0.296 e. The van der Waals surface area contributed by atoms with E-state index in [9.17, 15) is 17.6 Å². The monoisotopic (exact) mass is 440 g/mol. The lowest BCUT2D eigenvalue weighted by Crippen LogP contribution is -2.48. The van der Waals surface area contributed by atoms with Crippen LogP contribution < -0.4 is 0 Å². The molecule has 1 saturated heterocycles. The van der Waals surface area contributed by atoms with Gasteiger partial charge >= 0.3 is 0 Å². The topological polar surface area (TPSA) is 108 Å². The molecule has 5 rings (SSSR count). The number of amides is 1. The van der Waals surface area contributed by atoms with E-state index in [4.69, 9.17) is 0 Å². The summed E-state index contributed by atoms with van der Waals surface area (Å²) in [4.78, 5) is 23.0. The average Bonchev–Trinajstić information content (AvgIpc) is 2.77. The molecule has 0 N–H and O–H groups in total. The van der Waals surface area contributed by atoms with Gasteiger partial charge in [-0.15, -0.1) is 10.2 Å². The van der Waals surface area contributed by atoms with Crippen molar-refractivity contribution in [1.29, 1.82) is 0 Å². The van der Waals surface area contributed by atoms with Gasteiger partial charge in [0.05, 0.1) is 27.9 Å². The standard InChI is InChI=1S/C20H17FN6O3S/c21-13-4-6-14(7-5-13)31(29,30)27-10-8-26(9-11-27)12-17-22-16-3-1-2-15-18(16)19(23-17)24-25-20(15)28/h1-7H,8-12H2. The van der Waals surface area contributed by atoms with Crippen LogP contribution in [0.4, 0.5) is 10.2 Å². The second-order valence-corrected chi connectivity index (χ2v) is 9.24. The van der Waals surface area contributed by atoms with Gasteiger partial charge in [-0.3, -0.25) is 9.69 Å². The van der Waals surface area contributed by atoms with Gasteiger partial charge in [0.25, 0.3) is 5.91 Å². The number of azo groups is 1. The van der Waals surface area contributed by atoms with E-state index < -0.39 is 21.7 Å². The molecular weight excluding hydrogens is 423 g/mol. The molecule has 0 bridgehead atoms. The molecule has 1 aromatic heterocycles. The molecule has 1 fully saturated rings. The molecule has 158 valence electrons. The zero-order chi connectivity index (χ0) is 21.6. The minimum atomic E-state index is -3.67. The first-order valence-corrected chi connectivity index (χ1v) is 11.1. The molecule has 0 unspecified atom stereocenters. The largest absolute Gasteiger partial charge is 0.296 e. The molecule has 3 aromatic rings. The fourth-order valence-electron chi connectivity index (χ4n) is 3.76. The number of sulfonamides is 1. The Labute approximate surface area is 177 Å². The molecule has 0 spiro atoms. The number of nitrogens with zero attached hydrogens (tertiary/aromatic N) is 6. The lowest BCUT2D eigenvalue weighted by atomic mass is 10.1. The molecule has 2 aliphatic rings. The highest BCUT2D eigenvalue weighted by Gasteiger charge is 2.29. The van der Waals surface area contributed by atoms with Gasteiger partial charge < -0.3 is 0 Å². The third-order valence-electron chi connectivity index (χ3n) is 5.36. The van der Waals surface area contributed by atoms with Crippen LogP contribution in [-0.2, 0) is 16.6 Å². The second-order valence-electron chi connectivity index (χ2n) is 7.30. The van der Waals surface area contributed by atoms with E-state index in [0.29, 0.717) is 60.8 Å². The number of benzene rings is 2. The highest BCUT2D eigenvalue weighted by Crippen LogP contribution is 2.31. The predicted molar refractivity (Wildman–Crippen MR) is 109 cm³/mol. The molecule has 0 saturated carbocycles. The lowest BCUT2D eigenvalue weighted by molar-refractivity contribution is 0.0995. The number of carbonyl (C=O) groups is 1. The van der Waals surface area contributed by atoms with E-state index in [1.807, 2.05) is 0 Å². The maximum absolute atomic E-state index is 13.1. The minimum absolute atomic E-state index is 0.0787. The normalized spacial score (nSPS) is 17.4. The number of carbonyl (C=O) groups excluding carboxylic acids is 1. The van der Waals surface area contributed by atoms with Crippen molar-refractivity contribution in [2.75, 3.05) is 26.2 Å². The summed E-state index contributed by atoms with van der Waals surface area (Å²) in [7, 11) is -3.67. The van der Waals surface area contributed by atoms with Crippen LogP contribution in [0.1, 0.15) is 16.2 Å². The molecule has 1 amide bonds. The summed E-state index contributed by atoms with van der Waals surface area (Å²) in [6.07, 6.45) is 0. The Bertz CT molecular complexity index is 1320. The van der Waals surface area contributed by atoms with Crippen molar-refractivity contribution in [3.05, 3.63) is 59.7 Å². The number of rotatable bonds is 4. The van der Waals surface area contributed by atoms with Gasteiger partial charge in [-0.05, 0) is 36.4 Å². The first kappa shape index (κ1) is 19.8. The van der Waals surface area contributed by atoms with Crippen LogP contribution in [0.3, 0.4) is 0 Å². The Kier molecular flexibility index (Phi) is 4.80. The van der Waals surface area contributed by atoms with Crippen molar-refractivity contribution in [1.82, 2.24) is 19.2 Å². The summed E-state index contributed by atoms with van der Waals surface area (Å²) in [5.41, 5.74) is 1.07. The van der Waals surface area contributed by atoms with Crippen LogP contribution in [0.5, 0.6) is 0 Å². The second kappa shape index (κ2) is 7.52. The molecular formula is C20H17FN6O3S. The van der Waals surface area contributed by atoms with Gasteiger partial charge in [0, 0.05) is 26.2 Å². The van der Waals surface area contributed by atoms with Crippen LogP contribution in [0.25, 0.3) is 10.9 Å². The Morgan fingerprint density at radius 2 is 1.68 bits per heavy atom. The van der Waals surface area contributed by atoms with Gasteiger partial charge in [0.15, 0.2) is 5.82 Å². The summed E-state index contributed by atoms with van der Waals surface area (Å²) in [6, 6.07) is 10.1. The van der Waals surface area contributed by atoms with Crippen molar-refractivity contribution in [3.8, 4) is 0 Å². The van der Waals surface area contributed by atoms with Crippen LogP contribution in [0.2, 0.25) is 0 Å². The number of aromatic nitrogens is 2. The van der Waals surface area contributed by atoms with E-state index in [2.05, 4.69) is 25.1 Å². The average molecular weight is 440 g/mol. The summed E-state index contributed by atoms with van der Waals surface area (Å²) in [6.45, 7) is 2.02. The predicted octanol–water partition coefficient (Wildman–Crippen LogP) is 2.51. The lowest BCUT2D eigenvalue weighted by Gasteiger charge is -2.33. The van der Waals surface area contributed by atoms with E-state index in [1.54, 1.807) is 18.2 Å². The van der Waals surface area contributed by atoms with Crippen molar-refractivity contribution in [2.45, 2.75) is 11.4 Å². The summed E-state index contributed by atoms with van der Waals surface area (Å²) < 4.78 is 40.0. The van der Waals surface area contributed by atoms with Gasteiger partial charge in [-0.25, -0.2) is 22.8 Å². The van der Waals surface area contributed by atoms with Crippen molar-refractivity contribution in [3.63, 3.8) is 0 Å². The van der Waals surface area contributed by atoms with Crippen LogP contribution in [0.15, 0.2) is 57.6 Å². The fraction of sp³-hybridized carbons (Fsp3) is 0.250. The number of piperazine rings is 1. The van der Waals surface area contributed by atoms with Crippen molar-refractivity contribution < 1.29 is 17.6 Å². The first-order valence-electron chi connectivity index (χ1n) is 9.65. The Morgan fingerprint density at radius 1 is 0.935 bits per heavy atom. The number of hydrogen-bond acceptors (Lipinski definition) is 7. The van der Waals surface area contributed by atoms with E-state index in [0.717, 1.165) is 12.1 Å². The molecule has 9 nitrogen and oxygen atoms in total. The van der Waals surface area contributed by atoms with Crippen LogP contribution in [0, 0.1) is 5.82 Å². The van der Waals surface area contributed by atoms with Crippen molar-refractivity contribution in [2.24, 2.45) is 10.2 Å². The maximum atomic E-state index is 13.1. The summed E-state index contributed by atoms with van der Waals surface area (Å²) in [5.74, 6) is 0.0117. The molecule has 3 heterocycles. The van der Waals surface area contributed by atoms with Gasteiger partial charge in [-0.1, -0.05) is 6.07 Å². The summed E-state index contributed by atoms with van der Waals surface area (Å²) in [5, 5.41) is 8.16. The molecule has 0 radical (unpaired) electrons. The SMILES string of the molecule is O=C1N=Nc2nc(CN3CCN(S(=O)(=O)c4ccc(F)cc4)CC3)nc3cccc1c23. The molecule has 31 heavy (non-hydrogen) atoms. The van der Waals surface area contributed by atoms with Gasteiger partial charge in [-0.2, -0.15) is 4.31 Å². The third kappa shape index (κ3) is 3.60. The van der Waals surface area contributed by atoms with Crippen LogP contribution >= 0.6 is 0 Å². The fourth-order valence-corrected chi connectivity index (χ4v) is 5.18. The zero-order valence-corrected chi connectivity index (χ0v) is 17.1. The third-order valence-corrected chi connectivity index (χ3v) is 7.28. The van der Waals surface area contributed by atoms with E-state index >= 15 is 0 Å². The Hall–Kier alpha value is -3.15. The van der Waals surface area contributed by atoms with E-state index in [1.165, 1.54) is 16.4 Å². The van der Waals surface area contributed by atoms with Gasteiger partial charge in [0.1, 0.15) is 11.6 Å². The molecule has 11 heteroatoms. The highest BCUT2D eigenvalue weighted by atomic mass is 32.2. The number of hydrogen-bond donors (Lipinski definition) is 0. The van der Waals surface area contributed by atoms with Crippen molar-refractivity contribution >= 4 is 32.7 Å². The quantitative estimate of drug-likeness (QED) is 0.617. The zero-order valence-electron chi connectivity index (χ0n) is 16.3. The first-order chi connectivity index (χ1) is 14.9. The Morgan fingerprint density at radius 3 is 2.42 bits per heavy atom. The van der Waals surface area contributed by atoms with Gasteiger partial charge in [0.2, 0.25) is 10.0 Å². The molecule has 2 aliphatic heterocycles. The summed E-state index contributed by atoms with van der Waals surface area (Å²) >= 11 is 0. The molecule has 0 aliphatic carbocycles. The highest BCUT2D eigenvalue weighted by molar-refractivity contribution is 7.89. The van der Waals surface area contributed by atoms with E-state index in [-0.39, 0.29) is 4.90 Å². The molecule has 2 aromatic carbocycles. The smallest absolute Gasteiger partial charge is 0.293 e. The Balaban J connectivity index is 1.31. The van der Waals surface area contributed by atoms with Crippen LogP contribution in [-0.4, -0.2) is 59.7 Å². The molecule has 0 atom stereocenters. The number of halogens is 1.